The first-order valence-electron chi connectivity index (χ1n) is 9.41. The van der Waals surface area contributed by atoms with E-state index in [1.807, 2.05) is 6.07 Å². The Morgan fingerprint density at radius 1 is 1.19 bits per heavy atom. The van der Waals surface area contributed by atoms with Crippen molar-refractivity contribution in [2.24, 2.45) is 0 Å². The number of aryl methyl sites for hydroxylation is 1. The molecule has 0 fully saturated rings. The molecule has 9 nitrogen and oxygen atoms in total. The van der Waals surface area contributed by atoms with Crippen molar-refractivity contribution >= 4 is 45.1 Å². The van der Waals surface area contributed by atoms with Gasteiger partial charge in [-0.15, -0.1) is 0 Å². The summed E-state index contributed by atoms with van der Waals surface area (Å²) in [5.74, 6) is -0.355. The number of ether oxygens (including phenoxy) is 1. The monoisotopic (exact) mass is 479 g/mol. The third-order valence-corrected chi connectivity index (χ3v) is 5.17. The highest BCUT2D eigenvalue weighted by Crippen LogP contribution is 2.28. The largest absolute Gasteiger partial charge is 0.469 e. The van der Waals surface area contributed by atoms with Gasteiger partial charge in [-0.3, -0.25) is 13.9 Å². The first kappa shape index (κ1) is 25.1. The normalized spacial score (nSPS) is 10.8. The van der Waals surface area contributed by atoms with E-state index < -0.39 is 16.1 Å². The number of methoxy groups -OCH3 is 1. The van der Waals surface area contributed by atoms with Gasteiger partial charge in [-0.05, 0) is 48.4 Å². The van der Waals surface area contributed by atoms with E-state index in [1.165, 1.54) is 12.0 Å². The van der Waals surface area contributed by atoms with E-state index >= 15 is 0 Å². The molecule has 0 saturated heterocycles. The van der Waals surface area contributed by atoms with Crippen molar-refractivity contribution in [2.45, 2.75) is 12.8 Å². The average molecular weight is 480 g/mol. The molecule has 0 bridgehead atoms. The number of anilines is 2. The fourth-order valence-electron chi connectivity index (χ4n) is 2.70. The zero-order chi connectivity index (χ0) is 23.7. The standard InChI is InChI=1S/C21H22ClN3O6S/c1-30-20(26)10-6-15-5-9-19(18(22)13-15)25(11-12-31-32(2,28)29)21(27)24-17-7-3-16(14-23)4-8-17/h3-5,7-9,13H,6,10-12H2,1-2H3,(H,24,27). The number of urea groups is 1. The fraction of sp³-hybridized carbons (Fsp3) is 0.286. The van der Waals surface area contributed by atoms with Crippen molar-refractivity contribution in [3.8, 4) is 6.07 Å². The van der Waals surface area contributed by atoms with Gasteiger partial charge in [0, 0.05) is 12.1 Å². The van der Waals surface area contributed by atoms with Crippen LogP contribution in [-0.4, -0.2) is 46.9 Å². The minimum Gasteiger partial charge on any atom is -0.469 e. The second kappa shape index (κ2) is 11.5. The lowest BCUT2D eigenvalue weighted by molar-refractivity contribution is -0.140. The van der Waals surface area contributed by atoms with Crippen LogP contribution in [-0.2, 0) is 30.3 Å². The molecule has 2 aromatic carbocycles. The highest BCUT2D eigenvalue weighted by atomic mass is 35.5. The van der Waals surface area contributed by atoms with Crippen LogP contribution < -0.4 is 10.2 Å². The number of carbonyl (C=O) groups is 2. The van der Waals surface area contributed by atoms with Crippen LogP contribution in [0.2, 0.25) is 5.02 Å². The third kappa shape index (κ3) is 7.85. The van der Waals surface area contributed by atoms with E-state index in [0.717, 1.165) is 11.8 Å². The molecular formula is C21H22ClN3O6S. The molecule has 0 aliphatic heterocycles. The second-order valence-corrected chi connectivity index (χ2v) is 8.71. The van der Waals surface area contributed by atoms with E-state index in [2.05, 4.69) is 10.1 Å². The number of nitrogens with zero attached hydrogens (tertiary/aromatic N) is 2. The predicted molar refractivity (Wildman–Crippen MR) is 120 cm³/mol. The predicted octanol–water partition coefficient (Wildman–Crippen LogP) is 3.33. The number of esters is 1. The number of hydrogen-bond acceptors (Lipinski definition) is 7. The Morgan fingerprint density at radius 2 is 1.88 bits per heavy atom. The molecule has 1 N–H and O–H groups in total. The second-order valence-electron chi connectivity index (χ2n) is 6.66. The van der Waals surface area contributed by atoms with Gasteiger partial charge >= 0.3 is 12.0 Å². The van der Waals surface area contributed by atoms with Gasteiger partial charge in [-0.25, -0.2) is 4.79 Å². The van der Waals surface area contributed by atoms with Gasteiger partial charge in [0.15, 0.2) is 0 Å². The average Bonchev–Trinajstić information content (AvgIpc) is 2.75. The molecule has 2 amide bonds. The Bertz CT molecular complexity index is 1110. The van der Waals surface area contributed by atoms with Gasteiger partial charge in [-0.1, -0.05) is 17.7 Å². The summed E-state index contributed by atoms with van der Waals surface area (Å²) in [6.07, 6.45) is 1.50. The lowest BCUT2D eigenvalue weighted by atomic mass is 10.1. The third-order valence-electron chi connectivity index (χ3n) is 4.27. The molecule has 32 heavy (non-hydrogen) atoms. The summed E-state index contributed by atoms with van der Waals surface area (Å²) in [5, 5.41) is 11.8. The summed E-state index contributed by atoms with van der Waals surface area (Å²) >= 11 is 6.40. The molecule has 0 aliphatic carbocycles. The lowest BCUT2D eigenvalue weighted by Crippen LogP contribution is -2.38. The zero-order valence-electron chi connectivity index (χ0n) is 17.5. The van der Waals surface area contributed by atoms with Crippen LogP contribution in [0, 0.1) is 11.3 Å². The van der Waals surface area contributed by atoms with Crippen molar-refractivity contribution in [2.75, 3.05) is 36.7 Å². The van der Waals surface area contributed by atoms with Crippen molar-refractivity contribution in [3.63, 3.8) is 0 Å². The van der Waals surface area contributed by atoms with E-state index in [4.69, 9.17) is 21.0 Å². The number of nitriles is 1. The van der Waals surface area contributed by atoms with Crippen LogP contribution in [0.5, 0.6) is 0 Å². The van der Waals surface area contributed by atoms with Crippen LogP contribution in [0.1, 0.15) is 17.5 Å². The van der Waals surface area contributed by atoms with Gasteiger partial charge in [-0.2, -0.15) is 13.7 Å². The molecule has 2 aromatic rings. The number of hydrogen-bond donors (Lipinski definition) is 1. The number of nitrogens with one attached hydrogen (secondary N) is 1. The fourth-order valence-corrected chi connectivity index (χ4v) is 3.39. The van der Waals surface area contributed by atoms with Crippen LogP contribution in [0.15, 0.2) is 42.5 Å². The molecule has 0 aromatic heterocycles. The van der Waals surface area contributed by atoms with Gasteiger partial charge in [0.05, 0.1) is 48.9 Å². The van der Waals surface area contributed by atoms with Gasteiger partial charge in [0.1, 0.15) is 0 Å². The van der Waals surface area contributed by atoms with Crippen LogP contribution in [0.4, 0.5) is 16.2 Å². The van der Waals surface area contributed by atoms with Crippen molar-refractivity contribution in [1.82, 2.24) is 0 Å². The quantitative estimate of drug-likeness (QED) is 0.431. The van der Waals surface area contributed by atoms with Gasteiger partial charge < -0.3 is 10.1 Å². The molecule has 0 atom stereocenters. The molecule has 0 saturated carbocycles. The van der Waals surface area contributed by atoms with Crippen molar-refractivity contribution in [1.29, 1.82) is 5.26 Å². The van der Waals surface area contributed by atoms with E-state index in [0.29, 0.717) is 23.4 Å². The number of amides is 2. The Kier molecular flexibility index (Phi) is 9.02. The molecule has 0 unspecified atom stereocenters. The topological polar surface area (TPSA) is 126 Å². The number of carbonyl (C=O) groups excluding carboxylic acids is 2. The smallest absolute Gasteiger partial charge is 0.326 e. The Labute approximate surface area is 191 Å². The van der Waals surface area contributed by atoms with E-state index in [-0.39, 0.29) is 30.6 Å². The Morgan fingerprint density at radius 3 is 2.44 bits per heavy atom. The maximum absolute atomic E-state index is 12.9. The molecule has 170 valence electrons. The van der Waals surface area contributed by atoms with Crippen LogP contribution in [0.3, 0.4) is 0 Å². The Balaban J connectivity index is 2.23. The maximum atomic E-state index is 12.9. The van der Waals surface area contributed by atoms with Gasteiger partial charge in [0.25, 0.3) is 10.1 Å². The zero-order valence-corrected chi connectivity index (χ0v) is 19.1. The molecule has 0 radical (unpaired) electrons. The summed E-state index contributed by atoms with van der Waals surface area (Å²) in [6.45, 7) is -0.379. The van der Waals surface area contributed by atoms with Crippen LogP contribution >= 0.6 is 11.6 Å². The Hall–Kier alpha value is -3.13. The summed E-state index contributed by atoms with van der Waals surface area (Å²) in [4.78, 5) is 25.5. The SMILES string of the molecule is COC(=O)CCc1ccc(N(CCOS(C)(=O)=O)C(=O)Nc2ccc(C#N)cc2)c(Cl)c1. The van der Waals surface area contributed by atoms with Crippen molar-refractivity contribution < 1.29 is 26.9 Å². The number of rotatable bonds is 9. The molecule has 11 heteroatoms. The minimum atomic E-state index is -3.69. The summed E-state index contributed by atoms with van der Waals surface area (Å²) in [6, 6.07) is 12.6. The lowest BCUT2D eigenvalue weighted by Gasteiger charge is -2.24. The minimum absolute atomic E-state index is 0.101. The molecule has 0 aliphatic rings. The number of benzene rings is 2. The highest BCUT2D eigenvalue weighted by molar-refractivity contribution is 7.85. The first-order valence-corrected chi connectivity index (χ1v) is 11.6. The van der Waals surface area contributed by atoms with Crippen molar-refractivity contribution in [3.05, 3.63) is 58.6 Å². The van der Waals surface area contributed by atoms with Crippen LogP contribution in [0.25, 0.3) is 0 Å². The molecular weight excluding hydrogens is 458 g/mol. The summed E-state index contributed by atoms with van der Waals surface area (Å²) in [7, 11) is -2.39. The summed E-state index contributed by atoms with van der Waals surface area (Å²) in [5.41, 5.74) is 1.97. The molecule has 0 spiro atoms. The number of halogens is 1. The van der Waals surface area contributed by atoms with Gasteiger partial charge in [0.2, 0.25) is 0 Å². The maximum Gasteiger partial charge on any atom is 0.326 e. The highest BCUT2D eigenvalue weighted by Gasteiger charge is 2.20. The summed E-state index contributed by atoms with van der Waals surface area (Å²) < 4.78 is 32.0. The van der Waals surface area contributed by atoms with E-state index in [1.54, 1.807) is 42.5 Å². The molecule has 0 heterocycles. The molecule has 2 rings (SSSR count). The van der Waals surface area contributed by atoms with E-state index in [9.17, 15) is 18.0 Å². The first-order chi connectivity index (χ1) is 15.1.